The van der Waals surface area contributed by atoms with Crippen molar-refractivity contribution in [2.24, 2.45) is 5.73 Å². The number of carbonyl (C=O) groups excluding carboxylic acids is 1. The Kier molecular flexibility index (Phi) is 8.29. The summed E-state index contributed by atoms with van der Waals surface area (Å²) in [6, 6.07) is 15.2. The van der Waals surface area contributed by atoms with Gasteiger partial charge in [-0.1, -0.05) is 18.2 Å². The highest BCUT2D eigenvalue weighted by atomic mass is 35.5. The standard InChI is InChI=1S/C22H23N3O3.2ClH/c1-14(23)8-9-24-22(26)17-13-19(25-18-5-3-2-4-16(17)18)15-6-7-20-21(12-15)28-11-10-27-20;;/h2-7,12-14H,8-11,23H2,1H3,(H,24,26);2*1H. The molecule has 0 fully saturated rings. The fraction of sp³-hybridized carbons (Fsp3) is 0.273. The SMILES string of the molecule is CC(N)CCNC(=O)c1cc(-c2ccc3c(c2)OCCO3)nc2ccccc12.Cl.Cl. The summed E-state index contributed by atoms with van der Waals surface area (Å²) in [6.07, 6.45) is 0.726. The second-order valence-corrected chi connectivity index (χ2v) is 6.95. The quantitative estimate of drug-likeness (QED) is 0.614. The fourth-order valence-electron chi connectivity index (χ4n) is 3.22. The third kappa shape index (κ3) is 5.14. The van der Waals surface area contributed by atoms with Crippen LogP contribution in [0, 0.1) is 0 Å². The van der Waals surface area contributed by atoms with Crippen molar-refractivity contribution in [3.05, 3.63) is 54.1 Å². The molecule has 0 saturated heterocycles. The molecule has 30 heavy (non-hydrogen) atoms. The van der Waals surface area contributed by atoms with Crippen molar-refractivity contribution in [3.8, 4) is 22.8 Å². The third-order valence-electron chi connectivity index (χ3n) is 4.68. The van der Waals surface area contributed by atoms with Crippen molar-refractivity contribution in [1.82, 2.24) is 10.3 Å². The monoisotopic (exact) mass is 449 g/mol. The average Bonchev–Trinajstić information content (AvgIpc) is 2.72. The zero-order valence-corrected chi connectivity index (χ0v) is 18.2. The molecule has 1 atom stereocenters. The number of nitrogens with one attached hydrogen (secondary N) is 1. The number of aromatic nitrogens is 1. The van der Waals surface area contributed by atoms with E-state index in [0.29, 0.717) is 36.8 Å². The second-order valence-electron chi connectivity index (χ2n) is 6.95. The number of hydrogen-bond donors (Lipinski definition) is 2. The van der Waals surface area contributed by atoms with Crippen LogP contribution in [0.4, 0.5) is 0 Å². The lowest BCUT2D eigenvalue weighted by molar-refractivity contribution is 0.0954. The van der Waals surface area contributed by atoms with Crippen LogP contribution in [0.3, 0.4) is 0 Å². The maximum Gasteiger partial charge on any atom is 0.252 e. The van der Waals surface area contributed by atoms with Gasteiger partial charge in [0.25, 0.3) is 5.91 Å². The maximum atomic E-state index is 12.8. The van der Waals surface area contributed by atoms with Crippen molar-refractivity contribution >= 4 is 41.6 Å². The van der Waals surface area contributed by atoms with E-state index in [9.17, 15) is 4.79 Å². The minimum atomic E-state index is -0.127. The zero-order chi connectivity index (χ0) is 19.5. The molecule has 1 aromatic heterocycles. The van der Waals surface area contributed by atoms with Crippen LogP contribution in [0.25, 0.3) is 22.2 Å². The molecule has 1 aliphatic heterocycles. The van der Waals surface area contributed by atoms with Crippen LogP contribution in [-0.4, -0.2) is 36.7 Å². The van der Waals surface area contributed by atoms with E-state index < -0.39 is 0 Å². The smallest absolute Gasteiger partial charge is 0.252 e. The predicted octanol–water partition coefficient (Wildman–Crippen LogP) is 3.98. The lowest BCUT2D eigenvalue weighted by Crippen LogP contribution is -2.29. The summed E-state index contributed by atoms with van der Waals surface area (Å²) in [5.41, 5.74) is 8.74. The highest BCUT2D eigenvalue weighted by molar-refractivity contribution is 6.07. The van der Waals surface area contributed by atoms with E-state index in [-0.39, 0.29) is 36.8 Å². The van der Waals surface area contributed by atoms with E-state index in [2.05, 4.69) is 5.32 Å². The van der Waals surface area contributed by atoms with Gasteiger partial charge in [0.05, 0.1) is 16.8 Å². The van der Waals surface area contributed by atoms with Crippen LogP contribution in [0.2, 0.25) is 0 Å². The Morgan fingerprint density at radius 3 is 2.60 bits per heavy atom. The number of halogens is 2. The molecule has 0 radical (unpaired) electrons. The van der Waals surface area contributed by atoms with E-state index in [1.165, 1.54) is 0 Å². The molecule has 0 aliphatic carbocycles. The van der Waals surface area contributed by atoms with Gasteiger partial charge in [0, 0.05) is 23.5 Å². The molecule has 4 rings (SSSR count). The highest BCUT2D eigenvalue weighted by Gasteiger charge is 2.16. The first kappa shape index (κ1) is 23.7. The molecule has 3 N–H and O–H groups in total. The second kappa shape index (κ2) is 10.5. The summed E-state index contributed by atoms with van der Waals surface area (Å²) < 4.78 is 11.3. The van der Waals surface area contributed by atoms with Crippen molar-refractivity contribution in [2.45, 2.75) is 19.4 Å². The van der Waals surface area contributed by atoms with Gasteiger partial charge < -0.3 is 20.5 Å². The molecule has 2 aromatic carbocycles. The zero-order valence-electron chi connectivity index (χ0n) is 16.6. The van der Waals surface area contributed by atoms with Gasteiger partial charge in [-0.15, -0.1) is 24.8 Å². The van der Waals surface area contributed by atoms with Crippen LogP contribution >= 0.6 is 24.8 Å². The molecule has 2 heterocycles. The molecular formula is C22H25Cl2N3O3. The molecule has 6 nitrogen and oxygen atoms in total. The first-order valence-electron chi connectivity index (χ1n) is 9.45. The summed E-state index contributed by atoms with van der Waals surface area (Å²) >= 11 is 0. The van der Waals surface area contributed by atoms with Gasteiger partial charge in [-0.2, -0.15) is 0 Å². The Labute approximate surface area is 188 Å². The first-order valence-corrected chi connectivity index (χ1v) is 9.45. The lowest BCUT2D eigenvalue weighted by Gasteiger charge is -2.19. The van der Waals surface area contributed by atoms with Crippen molar-refractivity contribution in [2.75, 3.05) is 19.8 Å². The van der Waals surface area contributed by atoms with E-state index in [0.717, 1.165) is 28.6 Å². The van der Waals surface area contributed by atoms with E-state index in [1.54, 1.807) is 0 Å². The number of fused-ring (bicyclic) bond motifs is 2. The lowest BCUT2D eigenvalue weighted by atomic mass is 10.0. The molecule has 0 bridgehead atoms. The first-order chi connectivity index (χ1) is 13.6. The molecule has 0 spiro atoms. The number of pyridine rings is 1. The number of benzene rings is 2. The molecule has 1 amide bonds. The summed E-state index contributed by atoms with van der Waals surface area (Å²) in [5, 5.41) is 3.78. The van der Waals surface area contributed by atoms with Gasteiger partial charge in [-0.3, -0.25) is 4.79 Å². The molecule has 1 aliphatic rings. The third-order valence-corrected chi connectivity index (χ3v) is 4.68. The van der Waals surface area contributed by atoms with E-state index in [4.69, 9.17) is 20.2 Å². The molecule has 3 aromatic rings. The molecule has 8 heteroatoms. The van der Waals surface area contributed by atoms with Gasteiger partial charge >= 0.3 is 0 Å². The number of rotatable bonds is 5. The Bertz CT molecular complexity index is 1030. The van der Waals surface area contributed by atoms with Gasteiger partial charge in [0.2, 0.25) is 0 Å². The van der Waals surface area contributed by atoms with Gasteiger partial charge in [0.1, 0.15) is 13.2 Å². The number of nitrogens with two attached hydrogens (primary N) is 1. The van der Waals surface area contributed by atoms with Crippen molar-refractivity contribution < 1.29 is 14.3 Å². The normalized spacial score (nSPS) is 13.0. The predicted molar refractivity (Wildman–Crippen MR) is 123 cm³/mol. The van der Waals surface area contributed by atoms with Crippen LogP contribution in [-0.2, 0) is 0 Å². The van der Waals surface area contributed by atoms with Crippen molar-refractivity contribution in [3.63, 3.8) is 0 Å². The summed E-state index contributed by atoms with van der Waals surface area (Å²) in [7, 11) is 0. The largest absolute Gasteiger partial charge is 0.486 e. The fourth-order valence-corrected chi connectivity index (χ4v) is 3.22. The Morgan fingerprint density at radius 2 is 1.83 bits per heavy atom. The number of para-hydroxylation sites is 1. The average molecular weight is 450 g/mol. The number of nitrogens with zero attached hydrogens (tertiary/aromatic N) is 1. The van der Waals surface area contributed by atoms with E-state index >= 15 is 0 Å². The van der Waals surface area contributed by atoms with E-state index in [1.807, 2.05) is 55.5 Å². The maximum absolute atomic E-state index is 12.8. The molecular weight excluding hydrogens is 425 g/mol. The topological polar surface area (TPSA) is 86.5 Å². The number of ether oxygens (including phenoxy) is 2. The number of amides is 1. The van der Waals surface area contributed by atoms with Gasteiger partial charge in [-0.25, -0.2) is 4.98 Å². The Balaban J connectivity index is 0.00000160. The van der Waals surface area contributed by atoms with Gasteiger partial charge in [-0.05, 0) is 43.7 Å². The Hall–Kier alpha value is -2.54. The number of hydrogen-bond acceptors (Lipinski definition) is 5. The summed E-state index contributed by atoms with van der Waals surface area (Å²) in [4.78, 5) is 17.6. The minimum absolute atomic E-state index is 0. The van der Waals surface area contributed by atoms with Crippen LogP contribution < -0.4 is 20.5 Å². The Morgan fingerprint density at radius 1 is 1.10 bits per heavy atom. The number of carbonyl (C=O) groups is 1. The summed E-state index contributed by atoms with van der Waals surface area (Å²) in [6.45, 7) is 3.53. The van der Waals surface area contributed by atoms with Crippen LogP contribution in [0.5, 0.6) is 11.5 Å². The van der Waals surface area contributed by atoms with Crippen LogP contribution in [0.1, 0.15) is 23.7 Å². The molecule has 1 unspecified atom stereocenters. The van der Waals surface area contributed by atoms with Crippen molar-refractivity contribution in [1.29, 1.82) is 0 Å². The summed E-state index contributed by atoms with van der Waals surface area (Å²) in [5.74, 6) is 1.30. The molecule has 160 valence electrons. The van der Waals surface area contributed by atoms with Crippen LogP contribution in [0.15, 0.2) is 48.5 Å². The van der Waals surface area contributed by atoms with Gasteiger partial charge in [0.15, 0.2) is 11.5 Å². The minimum Gasteiger partial charge on any atom is -0.486 e. The highest BCUT2D eigenvalue weighted by Crippen LogP contribution is 2.35. The molecule has 0 saturated carbocycles.